The molecule has 0 aromatic heterocycles. The summed E-state index contributed by atoms with van der Waals surface area (Å²) >= 11 is 0. The molecule has 0 fully saturated rings. The quantitative estimate of drug-likeness (QED) is 0.198. The Morgan fingerprint density at radius 2 is 1.10 bits per heavy atom. The van der Waals surface area contributed by atoms with Gasteiger partial charge < -0.3 is 19.9 Å². The predicted octanol–water partition coefficient (Wildman–Crippen LogP) is 6.46. The highest BCUT2D eigenvalue weighted by molar-refractivity contribution is 5.22. The molecule has 0 rings (SSSR count). The van der Waals surface area contributed by atoms with Crippen LogP contribution in [-0.2, 0) is 4.74 Å². The molecule has 6 nitrogen and oxygen atoms in total. The van der Waals surface area contributed by atoms with Crippen molar-refractivity contribution in [2.24, 2.45) is 4.99 Å². The van der Waals surface area contributed by atoms with Gasteiger partial charge in [-0.05, 0) is 45.2 Å². The topological polar surface area (TPSA) is 110 Å². The van der Waals surface area contributed by atoms with Gasteiger partial charge in [0, 0.05) is 46.3 Å². The number of methoxy groups -OCH3 is 1. The number of aliphatic imine (C=N–C) groups is 1. The summed E-state index contributed by atoms with van der Waals surface area (Å²) in [7, 11) is 1.74. The van der Waals surface area contributed by atoms with Crippen LogP contribution in [0.15, 0.2) is 4.99 Å². The molecule has 0 saturated heterocycles. The monoisotopic (exact) mass is 443 g/mol. The number of hydrogen-bond acceptors (Lipinski definition) is 6. The van der Waals surface area contributed by atoms with Crippen LogP contribution in [-0.4, -0.2) is 50.4 Å². The molecule has 0 bridgehead atoms. The van der Waals surface area contributed by atoms with Gasteiger partial charge in [-0.15, -0.1) is 0 Å². The highest BCUT2D eigenvalue weighted by atomic mass is 16.5. The summed E-state index contributed by atoms with van der Waals surface area (Å²) in [4.78, 5) is 3.77. The second kappa shape index (κ2) is 51.3. The molecule has 31 heavy (non-hydrogen) atoms. The van der Waals surface area contributed by atoms with Crippen LogP contribution in [0.25, 0.3) is 0 Å². The lowest BCUT2D eigenvalue weighted by atomic mass is 10.2. The predicted molar refractivity (Wildman–Crippen MR) is 134 cm³/mol. The highest BCUT2D eigenvalue weighted by Crippen LogP contribution is 2.01. The van der Waals surface area contributed by atoms with Gasteiger partial charge in [-0.25, -0.2) is 0 Å². The van der Waals surface area contributed by atoms with Crippen molar-refractivity contribution in [3.05, 3.63) is 0 Å². The maximum absolute atomic E-state index is 8.36. The fourth-order valence-corrected chi connectivity index (χ4v) is 2.16. The van der Waals surface area contributed by atoms with Gasteiger partial charge in [0.05, 0.1) is 12.1 Å². The van der Waals surface area contributed by atoms with E-state index in [-0.39, 0.29) is 20.6 Å². The van der Waals surface area contributed by atoms with Gasteiger partial charge in [0.1, 0.15) is 0 Å². The van der Waals surface area contributed by atoms with Gasteiger partial charge in [-0.1, -0.05) is 59.8 Å². The second-order valence-electron chi connectivity index (χ2n) is 6.45. The molecule has 0 saturated carbocycles. The number of nitriles is 2. The third-order valence-electron chi connectivity index (χ3n) is 3.81. The second-order valence-corrected chi connectivity index (χ2v) is 6.45. The van der Waals surface area contributed by atoms with E-state index in [9.17, 15) is 0 Å². The van der Waals surface area contributed by atoms with E-state index in [2.05, 4.69) is 23.8 Å². The van der Waals surface area contributed by atoms with Gasteiger partial charge in [0.15, 0.2) is 0 Å². The number of hydrogen-bond donors (Lipinski definition) is 2. The lowest BCUT2D eigenvalue weighted by Crippen LogP contribution is -1.88. The minimum atomic E-state index is 0. The fraction of sp³-hybridized carbons (Fsp3) is 0.880. The highest BCUT2D eigenvalue weighted by Gasteiger charge is 1.88. The van der Waals surface area contributed by atoms with E-state index in [1.54, 1.807) is 7.11 Å². The van der Waals surface area contributed by atoms with Crippen molar-refractivity contribution in [2.75, 3.05) is 33.5 Å². The van der Waals surface area contributed by atoms with Crippen molar-refractivity contribution < 1.29 is 14.9 Å². The van der Waals surface area contributed by atoms with E-state index in [0.717, 1.165) is 64.5 Å². The van der Waals surface area contributed by atoms with Crippen LogP contribution in [0.5, 0.6) is 0 Å². The Bertz CT molecular complexity index is 329. The van der Waals surface area contributed by atoms with Crippen LogP contribution in [0, 0.1) is 22.7 Å². The zero-order valence-electron chi connectivity index (χ0n) is 20.1. The maximum atomic E-state index is 8.36. The molecule has 0 aromatic rings. The summed E-state index contributed by atoms with van der Waals surface area (Å²) in [5, 5.41) is 33.0. The van der Waals surface area contributed by atoms with E-state index in [4.69, 9.17) is 25.5 Å². The zero-order chi connectivity index (χ0) is 23.6. The number of aliphatic hydroxyl groups excluding tert-OH is 2. The standard InChI is InChI=1S/C8H17NO.2C7H13NO.C2H6.CH4/c1-9-7-5-3-4-6-8-10-2;2*8-6-4-2-1-3-5-7-9;1-2;/h1,3-8H2,2H3;2*9H,1-5,7H2;1-2H3;1H4. The van der Waals surface area contributed by atoms with E-state index in [1.165, 1.54) is 25.7 Å². The van der Waals surface area contributed by atoms with Crippen molar-refractivity contribution in [3.63, 3.8) is 0 Å². The molecule has 0 atom stereocenters. The molecule has 0 radical (unpaired) electrons. The molecule has 0 aromatic carbocycles. The average Bonchev–Trinajstić information content (AvgIpc) is 2.78. The van der Waals surface area contributed by atoms with Crippen LogP contribution in [0.2, 0.25) is 0 Å². The van der Waals surface area contributed by atoms with Gasteiger partial charge in [0.25, 0.3) is 0 Å². The summed E-state index contributed by atoms with van der Waals surface area (Å²) in [6.07, 6.45) is 14.2. The van der Waals surface area contributed by atoms with E-state index < -0.39 is 0 Å². The SMILES string of the molecule is C.C=NCCCCCCOC.CC.N#CCCCCCCO.N#CCCCCCCO. The number of rotatable bonds is 17. The Hall–Kier alpha value is -1.47. The number of aliphatic hydroxyl groups is 2. The molecular formula is C25H53N3O3. The van der Waals surface area contributed by atoms with Crippen LogP contribution in [0.3, 0.4) is 0 Å². The molecule has 0 aliphatic carbocycles. The first-order chi connectivity index (χ1) is 14.7. The van der Waals surface area contributed by atoms with Crippen LogP contribution in [0.4, 0.5) is 0 Å². The molecule has 186 valence electrons. The summed E-state index contributed by atoms with van der Waals surface area (Å²) in [5.41, 5.74) is 0. The molecule has 2 N–H and O–H groups in total. The van der Waals surface area contributed by atoms with E-state index in [0.29, 0.717) is 12.8 Å². The largest absolute Gasteiger partial charge is 0.396 e. The third-order valence-corrected chi connectivity index (χ3v) is 3.81. The van der Waals surface area contributed by atoms with Crippen molar-refractivity contribution in [3.8, 4) is 12.1 Å². The maximum Gasteiger partial charge on any atom is 0.0621 e. The van der Waals surface area contributed by atoms with Gasteiger partial charge >= 0.3 is 0 Å². The van der Waals surface area contributed by atoms with Gasteiger partial charge in [0.2, 0.25) is 0 Å². The molecule has 0 amide bonds. The van der Waals surface area contributed by atoms with Crippen molar-refractivity contribution >= 4 is 6.72 Å². The Morgan fingerprint density at radius 3 is 1.45 bits per heavy atom. The molecule has 0 unspecified atom stereocenters. The van der Waals surface area contributed by atoms with Crippen molar-refractivity contribution in [2.45, 2.75) is 111 Å². The fourth-order valence-electron chi connectivity index (χ4n) is 2.16. The summed E-state index contributed by atoms with van der Waals surface area (Å²) in [6.45, 7) is 9.79. The summed E-state index contributed by atoms with van der Waals surface area (Å²) in [6, 6.07) is 4.16. The number of nitrogens with zero attached hydrogens (tertiary/aromatic N) is 3. The third kappa shape index (κ3) is 65.3. The first-order valence-corrected chi connectivity index (χ1v) is 11.6. The Balaban J connectivity index is -0.000000103. The molecule has 0 heterocycles. The lowest BCUT2D eigenvalue weighted by molar-refractivity contribution is 0.192. The lowest BCUT2D eigenvalue weighted by Gasteiger charge is -1.97. The van der Waals surface area contributed by atoms with Crippen LogP contribution >= 0.6 is 0 Å². The Morgan fingerprint density at radius 1 is 0.710 bits per heavy atom. The Labute approximate surface area is 194 Å². The Kier molecular flexibility index (Phi) is 66.1. The minimum Gasteiger partial charge on any atom is -0.396 e. The first-order valence-electron chi connectivity index (χ1n) is 11.6. The molecule has 0 aliphatic heterocycles. The minimum absolute atomic E-state index is 0. The molecule has 0 aliphatic rings. The van der Waals surface area contributed by atoms with E-state index >= 15 is 0 Å². The van der Waals surface area contributed by atoms with Crippen LogP contribution < -0.4 is 0 Å². The molecule has 6 heteroatoms. The van der Waals surface area contributed by atoms with Gasteiger partial charge in [-0.3, -0.25) is 0 Å². The number of unbranched alkanes of at least 4 members (excludes halogenated alkanes) is 11. The van der Waals surface area contributed by atoms with Crippen molar-refractivity contribution in [1.82, 2.24) is 0 Å². The van der Waals surface area contributed by atoms with Gasteiger partial charge in [-0.2, -0.15) is 10.5 Å². The van der Waals surface area contributed by atoms with E-state index in [1.807, 2.05) is 13.8 Å². The molecular weight excluding hydrogens is 390 g/mol. The number of ether oxygens (including phenoxy) is 1. The zero-order valence-corrected chi connectivity index (χ0v) is 20.1. The first kappa shape index (κ1) is 39.9. The normalized spacial score (nSPS) is 8.48. The summed E-state index contributed by atoms with van der Waals surface area (Å²) < 4.78 is 4.91. The smallest absolute Gasteiger partial charge is 0.0621 e. The molecule has 0 spiro atoms. The van der Waals surface area contributed by atoms with Crippen LogP contribution in [0.1, 0.15) is 111 Å². The summed E-state index contributed by atoms with van der Waals surface area (Å²) in [5.74, 6) is 0. The van der Waals surface area contributed by atoms with Crippen molar-refractivity contribution in [1.29, 1.82) is 10.5 Å². The average molecular weight is 444 g/mol.